The van der Waals surface area contributed by atoms with E-state index in [9.17, 15) is 14.4 Å². The van der Waals surface area contributed by atoms with Gasteiger partial charge in [-0.1, -0.05) is 12.1 Å². The first-order valence-electron chi connectivity index (χ1n) is 9.02. The maximum Gasteiger partial charge on any atom is 0.342 e. The molecule has 29 heavy (non-hydrogen) atoms. The van der Waals surface area contributed by atoms with Crippen molar-refractivity contribution in [1.82, 2.24) is 15.6 Å². The summed E-state index contributed by atoms with van der Waals surface area (Å²) >= 11 is 1.51. The third-order valence-electron chi connectivity index (χ3n) is 3.53. The van der Waals surface area contributed by atoms with Gasteiger partial charge in [0, 0.05) is 10.9 Å². The maximum atomic E-state index is 12.5. The van der Waals surface area contributed by atoms with Gasteiger partial charge in [0.1, 0.15) is 17.9 Å². The Labute approximate surface area is 173 Å². The van der Waals surface area contributed by atoms with E-state index in [-0.39, 0.29) is 12.2 Å². The van der Waals surface area contributed by atoms with Gasteiger partial charge in [0.2, 0.25) is 0 Å². The van der Waals surface area contributed by atoms with Gasteiger partial charge < -0.3 is 14.8 Å². The van der Waals surface area contributed by atoms with E-state index < -0.39 is 29.6 Å². The van der Waals surface area contributed by atoms with Crippen molar-refractivity contribution in [3.8, 4) is 5.75 Å². The number of nitrogens with zero attached hydrogens (tertiary/aromatic N) is 1. The molecule has 0 saturated carbocycles. The molecular weight excluding hydrogens is 394 g/mol. The van der Waals surface area contributed by atoms with Gasteiger partial charge in [0.05, 0.1) is 10.7 Å². The first kappa shape index (κ1) is 22.4. The van der Waals surface area contributed by atoms with Crippen LogP contribution in [-0.2, 0) is 16.1 Å². The van der Waals surface area contributed by atoms with E-state index in [0.29, 0.717) is 5.75 Å². The number of aromatic nitrogens is 1. The maximum absolute atomic E-state index is 12.5. The van der Waals surface area contributed by atoms with Crippen LogP contribution in [0, 0.1) is 6.92 Å². The summed E-state index contributed by atoms with van der Waals surface area (Å²) in [6.07, 6.45) is -1.16. The number of thiazole rings is 1. The summed E-state index contributed by atoms with van der Waals surface area (Å²) in [4.78, 5) is 40.7. The highest BCUT2D eigenvalue weighted by Crippen LogP contribution is 2.21. The molecule has 2 rings (SSSR count). The molecule has 0 unspecified atom stereocenters. The first-order valence-corrected chi connectivity index (χ1v) is 9.90. The van der Waals surface area contributed by atoms with Gasteiger partial charge in [0.15, 0.2) is 6.10 Å². The standard InChI is InChI=1S/C20H25N3O5S/c1-12(17(24)22-19(26)23-20(3,4)5)28-18(25)15-8-6-7-9-16(15)27-10-14-11-29-13(2)21-14/h6-9,11-12H,10H2,1-5H3,(H2,22,23,24,26)/t12-/m0/s1. The molecule has 2 N–H and O–H groups in total. The van der Waals surface area contributed by atoms with Crippen molar-refractivity contribution < 1.29 is 23.9 Å². The number of hydrogen-bond acceptors (Lipinski definition) is 7. The zero-order valence-electron chi connectivity index (χ0n) is 17.1. The predicted molar refractivity (Wildman–Crippen MR) is 109 cm³/mol. The molecule has 1 aromatic heterocycles. The number of amides is 3. The number of urea groups is 1. The highest BCUT2D eigenvalue weighted by atomic mass is 32.1. The van der Waals surface area contributed by atoms with E-state index >= 15 is 0 Å². The molecule has 1 heterocycles. The van der Waals surface area contributed by atoms with Gasteiger partial charge >= 0.3 is 12.0 Å². The van der Waals surface area contributed by atoms with Crippen LogP contribution in [0.4, 0.5) is 4.79 Å². The third kappa shape index (κ3) is 7.19. The van der Waals surface area contributed by atoms with Crippen LogP contribution < -0.4 is 15.4 Å². The molecule has 8 nitrogen and oxygen atoms in total. The highest BCUT2D eigenvalue weighted by molar-refractivity contribution is 7.09. The molecule has 0 fully saturated rings. The van der Waals surface area contributed by atoms with Crippen LogP contribution in [0.2, 0.25) is 0 Å². The fourth-order valence-electron chi connectivity index (χ4n) is 2.25. The Bertz CT molecular complexity index is 888. The van der Waals surface area contributed by atoms with Gasteiger partial charge in [-0.25, -0.2) is 14.6 Å². The number of benzene rings is 1. The van der Waals surface area contributed by atoms with Crippen LogP contribution >= 0.6 is 11.3 Å². The molecule has 156 valence electrons. The van der Waals surface area contributed by atoms with Crippen LogP contribution in [0.15, 0.2) is 29.6 Å². The highest BCUT2D eigenvalue weighted by Gasteiger charge is 2.24. The summed E-state index contributed by atoms with van der Waals surface area (Å²) in [6, 6.07) is 5.91. The topological polar surface area (TPSA) is 107 Å². The summed E-state index contributed by atoms with van der Waals surface area (Å²) in [5.74, 6) is -1.13. The molecule has 9 heteroatoms. The number of nitrogens with one attached hydrogen (secondary N) is 2. The number of aryl methyl sites for hydroxylation is 1. The number of ether oxygens (including phenoxy) is 2. The Hall–Kier alpha value is -2.94. The minimum Gasteiger partial charge on any atom is -0.486 e. The molecular formula is C20H25N3O5S. The fourth-order valence-corrected chi connectivity index (χ4v) is 2.85. The number of rotatable bonds is 6. The Morgan fingerprint density at radius 2 is 1.90 bits per heavy atom. The molecule has 0 aliphatic heterocycles. The molecule has 0 bridgehead atoms. The lowest BCUT2D eigenvalue weighted by molar-refractivity contribution is -0.127. The molecule has 0 saturated heterocycles. The van der Waals surface area contributed by atoms with Crippen LogP contribution in [0.25, 0.3) is 0 Å². The average Bonchev–Trinajstić information content (AvgIpc) is 3.03. The summed E-state index contributed by atoms with van der Waals surface area (Å²) in [5.41, 5.74) is 0.433. The normalized spacial score (nSPS) is 12.0. The zero-order valence-corrected chi connectivity index (χ0v) is 17.9. The molecule has 1 aromatic carbocycles. The monoisotopic (exact) mass is 419 g/mol. The molecule has 0 aliphatic carbocycles. The van der Waals surface area contributed by atoms with Gasteiger partial charge in [-0.05, 0) is 46.8 Å². The quantitative estimate of drug-likeness (QED) is 0.697. The molecule has 2 aromatic rings. The minimum atomic E-state index is -1.16. The zero-order chi connectivity index (χ0) is 21.6. The fraction of sp³-hybridized carbons (Fsp3) is 0.400. The van der Waals surface area contributed by atoms with E-state index in [1.807, 2.05) is 12.3 Å². The number of hydrogen-bond donors (Lipinski definition) is 2. The van der Waals surface area contributed by atoms with Gasteiger partial charge in [-0.2, -0.15) is 0 Å². The van der Waals surface area contributed by atoms with Crippen LogP contribution in [0.1, 0.15) is 48.8 Å². The Balaban J connectivity index is 1.97. The van der Waals surface area contributed by atoms with E-state index in [0.717, 1.165) is 10.7 Å². The Kier molecular flexibility index (Phi) is 7.33. The Morgan fingerprint density at radius 1 is 1.21 bits per heavy atom. The number of imide groups is 1. The summed E-state index contributed by atoms with van der Waals surface area (Å²) < 4.78 is 10.9. The van der Waals surface area contributed by atoms with Crippen molar-refractivity contribution in [1.29, 1.82) is 0 Å². The lowest BCUT2D eigenvalue weighted by Crippen LogP contribution is -2.50. The minimum absolute atomic E-state index is 0.179. The summed E-state index contributed by atoms with van der Waals surface area (Å²) in [5, 5.41) is 7.55. The second-order valence-corrected chi connectivity index (χ2v) is 8.45. The molecule has 0 aliphatic rings. The first-order chi connectivity index (χ1) is 13.5. The lowest BCUT2D eigenvalue weighted by Gasteiger charge is -2.21. The second-order valence-electron chi connectivity index (χ2n) is 7.38. The van der Waals surface area contributed by atoms with Crippen LogP contribution in [0.3, 0.4) is 0 Å². The van der Waals surface area contributed by atoms with Gasteiger partial charge in [0.25, 0.3) is 5.91 Å². The average molecular weight is 420 g/mol. The summed E-state index contributed by atoms with van der Waals surface area (Å²) in [7, 11) is 0. The summed E-state index contributed by atoms with van der Waals surface area (Å²) in [6.45, 7) is 8.84. The third-order valence-corrected chi connectivity index (χ3v) is 4.35. The van der Waals surface area contributed by atoms with Gasteiger partial charge in [-0.3, -0.25) is 10.1 Å². The van der Waals surface area contributed by atoms with Crippen LogP contribution in [-0.4, -0.2) is 34.5 Å². The molecule has 3 amide bonds. The van der Waals surface area contributed by atoms with Gasteiger partial charge in [-0.15, -0.1) is 11.3 Å². The van der Waals surface area contributed by atoms with E-state index in [1.165, 1.54) is 18.3 Å². The number of carbonyl (C=O) groups is 3. The largest absolute Gasteiger partial charge is 0.486 e. The Morgan fingerprint density at radius 3 is 2.52 bits per heavy atom. The van der Waals surface area contributed by atoms with Crippen molar-refractivity contribution in [2.24, 2.45) is 0 Å². The number of para-hydroxylation sites is 1. The molecule has 0 spiro atoms. The van der Waals surface area contributed by atoms with Crippen LogP contribution in [0.5, 0.6) is 5.75 Å². The SMILES string of the molecule is Cc1nc(COc2ccccc2C(=O)O[C@@H](C)C(=O)NC(=O)NC(C)(C)C)cs1. The predicted octanol–water partition coefficient (Wildman–Crippen LogP) is 3.20. The number of esters is 1. The van der Waals surface area contributed by atoms with Crippen molar-refractivity contribution >= 4 is 29.2 Å². The molecule has 0 radical (unpaired) electrons. The van der Waals surface area contributed by atoms with Crippen molar-refractivity contribution in [3.63, 3.8) is 0 Å². The van der Waals surface area contributed by atoms with Crippen molar-refractivity contribution in [2.45, 2.75) is 52.9 Å². The molecule has 1 atom stereocenters. The number of carbonyl (C=O) groups excluding carboxylic acids is 3. The lowest BCUT2D eigenvalue weighted by atomic mass is 10.1. The van der Waals surface area contributed by atoms with Crippen molar-refractivity contribution in [2.75, 3.05) is 0 Å². The second kappa shape index (κ2) is 9.51. The van der Waals surface area contributed by atoms with E-state index in [1.54, 1.807) is 45.0 Å². The van der Waals surface area contributed by atoms with E-state index in [4.69, 9.17) is 9.47 Å². The van der Waals surface area contributed by atoms with Crippen molar-refractivity contribution in [3.05, 3.63) is 45.9 Å². The smallest absolute Gasteiger partial charge is 0.342 e. The van der Waals surface area contributed by atoms with E-state index in [2.05, 4.69) is 15.6 Å².